The molecule has 1 N–H and O–H groups in total. The van der Waals surface area contributed by atoms with Crippen LogP contribution in [0.4, 0.5) is 14.7 Å². The molecule has 0 aliphatic heterocycles. The molecule has 0 aliphatic carbocycles. The zero-order chi connectivity index (χ0) is 15.5. The van der Waals surface area contributed by atoms with Crippen molar-refractivity contribution in [2.45, 2.75) is 13.0 Å². The molecule has 7 heteroatoms. The van der Waals surface area contributed by atoms with Gasteiger partial charge in [-0.15, -0.1) is 0 Å². The van der Waals surface area contributed by atoms with E-state index in [-0.39, 0.29) is 6.04 Å². The van der Waals surface area contributed by atoms with Gasteiger partial charge in [-0.25, -0.2) is 8.78 Å². The molecule has 0 unspecified atom stereocenters. The first-order valence-corrected chi connectivity index (χ1v) is 6.70. The fraction of sp³-hybridized carbons (Fsp3) is 0.133. The van der Waals surface area contributed by atoms with Crippen LogP contribution in [0.25, 0.3) is 5.69 Å². The number of tetrazole rings is 1. The second-order valence-corrected chi connectivity index (χ2v) is 4.79. The molecule has 0 radical (unpaired) electrons. The van der Waals surface area contributed by atoms with Crippen molar-refractivity contribution in [1.82, 2.24) is 20.2 Å². The Hall–Kier alpha value is -2.83. The lowest BCUT2D eigenvalue weighted by atomic mass is 10.1. The van der Waals surface area contributed by atoms with Crippen molar-refractivity contribution in [2.75, 3.05) is 5.32 Å². The Labute approximate surface area is 125 Å². The van der Waals surface area contributed by atoms with E-state index in [0.29, 0.717) is 11.5 Å². The molecule has 5 nitrogen and oxygen atoms in total. The Bertz CT molecular complexity index is 773. The summed E-state index contributed by atoms with van der Waals surface area (Å²) in [7, 11) is 0. The Balaban J connectivity index is 1.85. The van der Waals surface area contributed by atoms with E-state index in [1.807, 2.05) is 37.3 Å². The largest absolute Gasteiger partial charge is 0.346 e. The summed E-state index contributed by atoms with van der Waals surface area (Å²) in [5.41, 5.74) is 1.40. The molecule has 22 heavy (non-hydrogen) atoms. The van der Waals surface area contributed by atoms with Crippen LogP contribution in [0, 0.1) is 11.6 Å². The van der Waals surface area contributed by atoms with Gasteiger partial charge in [-0.3, -0.25) is 0 Å². The summed E-state index contributed by atoms with van der Waals surface area (Å²) in [6.45, 7) is 1.82. The Morgan fingerprint density at radius 2 is 1.82 bits per heavy atom. The van der Waals surface area contributed by atoms with Crippen molar-refractivity contribution in [3.63, 3.8) is 0 Å². The average Bonchev–Trinajstić information content (AvgIpc) is 2.99. The highest BCUT2D eigenvalue weighted by atomic mass is 19.2. The standard InChI is InChI=1S/C15H13F2N5/c1-10(11-7-8-13(16)14(17)9-11)18-15-19-20-21-22(15)12-5-3-2-4-6-12/h2-10H,1H3,(H,18,19,21)/t10-/m1/s1. The van der Waals surface area contributed by atoms with Gasteiger partial charge >= 0.3 is 0 Å². The number of nitrogens with one attached hydrogen (secondary N) is 1. The van der Waals surface area contributed by atoms with Gasteiger partial charge in [0, 0.05) is 0 Å². The van der Waals surface area contributed by atoms with Crippen molar-refractivity contribution >= 4 is 5.95 Å². The quantitative estimate of drug-likeness (QED) is 0.804. The van der Waals surface area contributed by atoms with Crippen LogP contribution in [-0.2, 0) is 0 Å². The second-order valence-electron chi connectivity index (χ2n) is 4.79. The number of rotatable bonds is 4. The fourth-order valence-corrected chi connectivity index (χ4v) is 2.08. The van der Waals surface area contributed by atoms with Crippen LogP contribution < -0.4 is 5.32 Å². The van der Waals surface area contributed by atoms with E-state index in [2.05, 4.69) is 20.8 Å². The Morgan fingerprint density at radius 3 is 2.55 bits per heavy atom. The maximum atomic E-state index is 13.3. The third-order valence-corrected chi connectivity index (χ3v) is 3.26. The van der Waals surface area contributed by atoms with E-state index in [4.69, 9.17) is 0 Å². The van der Waals surface area contributed by atoms with Crippen LogP contribution in [-0.4, -0.2) is 20.2 Å². The number of halogens is 2. The molecule has 0 fully saturated rings. The smallest absolute Gasteiger partial charge is 0.248 e. The summed E-state index contributed by atoms with van der Waals surface area (Å²) in [6.07, 6.45) is 0. The van der Waals surface area contributed by atoms with E-state index >= 15 is 0 Å². The van der Waals surface area contributed by atoms with Gasteiger partial charge in [-0.2, -0.15) is 4.68 Å². The number of aromatic nitrogens is 4. The van der Waals surface area contributed by atoms with Crippen molar-refractivity contribution < 1.29 is 8.78 Å². The highest BCUT2D eigenvalue weighted by Crippen LogP contribution is 2.20. The minimum atomic E-state index is -0.881. The van der Waals surface area contributed by atoms with E-state index in [1.54, 1.807) is 0 Å². The summed E-state index contributed by atoms with van der Waals surface area (Å²) in [6, 6.07) is 12.9. The molecule has 1 heterocycles. The van der Waals surface area contributed by atoms with E-state index in [9.17, 15) is 8.78 Å². The number of anilines is 1. The van der Waals surface area contributed by atoms with Crippen molar-refractivity contribution in [3.05, 3.63) is 65.7 Å². The first-order chi connectivity index (χ1) is 10.6. The van der Waals surface area contributed by atoms with Gasteiger partial charge in [-0.1, -0.05) is 29.4 Å². The van der Waals surface area contributed by atoms with Gasteiger partial charge in [0.05, 0.1) is 11.7 Å². The van der Waals surface area contributed by atoms with Crippen LogP contribution in [0.15, 0.2) is 48.5 Å². The van der Waals surface area contributed by atoms with Gasteiger partial charge in [0.15, 0.2) is 11.6 Å². The molecule has 1 atom stereocenters. The molecular formula is C15H13F2N5. The topological polar surface area (TPSA) is 55.6 Å². The number of hydrogen-bond donors (Lipinski definition) is 1. The molecule has 3 aromatic rings. The molecule has 112 valence electrons. The lowest BCUT2D eigenvalue weighted by molar-refractivity contribution is 0.506. The second kappa shape index (κ2) is 5.88. The summed E-state index contributed by atoms with van der Waals surface area (Å²) < 4.78 is 27.8. The number of nitrogens with zero attached hydrogens (tertiary/aromatic N) is 4. The van der Waals surface area contributed by atoms with Crippen LogP contribution >= 0.6 is 0 Å². The van der Waals surface area contributed by atoms with Gasteiger partial charge in [0.1, 0.15) is 0 Å². The molecule has 0 bridgehead atoms. The molecule has 0 saturated heterocycles. The molecule has 0 amide bonds. The van der Waals surface area contributed by atoms with Crippen LogP contribution in [0.1, 0.15) is 18.5 Å². The SMILES string of the molecule is C[C@@H](Nc1nnnn1-c1ccccc1)c1ccc(F)c(F)c1. The van der Waals surface area contributed by atoms with Crippen molar-refractivity contribution in [3.8, 4) is 5.69 Å². The van der Waals surface area contributed by atoms with Gasteiger partial charge < -0.3 is 5.32 Å². The van der Waals surface area contributed by atoms with Crippen molar-refractivity contribution in [2.24, 2.45) is 0 Å². The normalized spacial score (nSPS) is 12.1. The van der Waals surface area contributed by atoms with Gasteiger partial charge in [0.25, 0.3) is 0 Å². The molecular weight excluding hydrogens is 288 g/mol. The average molecular weight is 301 g/mol. The first-order valence-electron chi connectivity index (χ1n) is 6.70. The lowest BCUT2D eigenvalue weighted by Gasteiger charge is -2.15. The maximum absolute atomic E-state index is 13.3. The third kappa shape index (κ3) is 2.78. The molecule has 0 spiro atoms. The van der Waals surface area contributed by atoms with Crippen molar-refractivity contribution in [1.29, 1.82) is 0 Å². The summed E-state index contributed by atoms with van der Waals surface area (Å²) in [4.78, 5) is 0. The van der Waals surface area contributed by atoms with Gasteiger partial charge in [0.2, 0.25) is 5.95 Å². The zero-order valence-corrected chi connectivity index (χ0v) is 11.7. The lowest BCUT2D eigenvalue weighted by Crippen LogP contribution is -2.12. The van der Waals surface area contributed by atoms with Crippen LogP contribution in [0.2, 0.25) is 0 Å². The highest BCUT2D eigenvalue weighted by Gasteiger charge is 2.14. The summed E-state index contributed by atoms with van der Waals surface area (Å²) in [5, 5.41) is 14.6. The molecule has 2 aromatic carbocycles. The highest BCUT2D eigenvalue weighted by molar-refractivity contribution is 5.40. The Morgan fingerprint density at radius 1 is 1.05 bits per heavy atom. The fourth-order valence-electron chi connectivity index (χ4n) is 2.08. The van der Waals surface area contributed by atoms with Gasteiger partial charge in [-0.05, 0) is 47.2 Å². The number of benzene rings is 2. The van der Waals surface area contributed by atoms with Crippen LogP contribution in [0.5, 0.6) is 0 Å². The van der Waals surface area contributed by atoms with E-state index in [0.717, 1.165) is 17.8 Å². The Kier molecular flexibility index (Phi) is 3.78. The predicted octanol–water partition coefficient (Wildman–Crippen LogP) is 3.11. The molecule has 0 saturated carbocycles. The molecule has 1 aromatic heterocycles. The third-order valence-electron chi connectivity index (χ3n) is 3.26. The first kappa shape index (κ1) is 14.1. The van der Waals surface area contributed by atoms with E-state index in [1.165, 1.54) is 10.7 Å². The minimum Gasteiger partial charge on any atom is -0.346 e. The zero-order valence-electron chi connectivity index (χ0n) is 11.7. The summed E-state index contributed by atoms with van der Waals surface area (Å²) in [5.74, 6) is -1.33. The predicted molar refractivity (Wildman–Crippen MR) is 77.5 cm³/mol. The molecule has 0 aliphatic rings. The number of para-hydroxylation sites is 1. The molecule has 3 rings (SSSR count). The monoisotopic (exact) mass is 301 g/mol. The summed E-state index contributed by atoms with van der Waals surface area (Å²) >= 11 is 0. The van der Waals surface area contributed by atoms with E-state index < -0.39 is 11.6 Å². The maximum Gasteiger partial charge on any atom is 0.248 e. The number of hydrogen-bond acceptors (Lipinski definition) is 4. The van der Waals surface area contributed by atoms with Crippen LogP contribution in [0.3, 0.4) is 0 Å². The minimum absolute atomic E-state index is 0.288.